The van der Waals surface area contributed by atoms with Crippen LogP contribution in [0.15, 0.2) is 24.3 Å². The van der Waals surface area contributed by atoms with Crippen LogP contribution in [0.3, 0.4) is 0 Å². The lowest BCUT2D eigenvalue weighted by Crippen LogP contribution is -2.44. The number of carbonyl (C=O) groups is 1. The van der Waals surface area contributed by atoms with Gasteiger partial charge in [-0.15, -0.1) is 0 Å². The number of aromatic nitrogens is 1. The zero-order chi connectivity index (χ0) is 15.7. The van der Waals surface area contributed by atoms with Gasteiger partial charge in [0.25, 0.3) is 5.91 Å². The van der Waals surface area contributed by atoms with Crippen molar-refractivity contribution in [3.8, 4) is 0 Å². The molecule has 1 fully saturated rings. The number of halogens is 1. The number of ether oxygens (including phenoxy) is 1. The normalized spacial score (nSPS) is 18.7. The van der Waals surface area contributed by atoms with E-state index in [1.807, 2.05) is 32.0 Å². The average Bonchev–Trinajstić information content (AvgIpc) is 2.53. The summed E-state index contributed by atoms with van der Waals surface area (Å²) >= 11 is 6.33. The minimum atomic E-state index is -0.0662. The van der Waals surface area contributed by atoms with E-state index in [0.717, 1.165) is 22.9 Å². The Balaban J connectivity index is 2.10. The second-order valence-corrected chi connectivity index (χ2v) is 5.99. The summed E-state index contributed by atoms with van der Waals surface area (Å²) in [6, 6.07) is 7.67. The molecule has 0 radical (unpaired) electrons. The number of pyridine rings is 1. The quantitative estimate of drug-likeness (QED) is 0.853. The third kappa shape index (κ3) is 2.81. The van der Waals surface area contributed by atoms with Crippen LogP contribution in [0.4, 0.5) is 0 Å². The zero-order valence-electron chi connectivity index (χ0n) is 12.8. The monoisotopic (exact) mass is 318 g/mol. The van der Waals surface area contributed by atoms with Gasteiger partial charge < -0.3 is 9.64 Å². The van der Waals surface area contributed by atoms with E-state index in [0.29, 0.717) is 30.4 Å². The molecule has 5 heteroatoms. The van der Waals surface area contributed by atoms with Crippen LogP contribution in [0.1, 0.15) is 30.0 Å². The lowest BCUT2D eigenvalue weighted by atomic mass is 10.1. The second kappa shape index (κ2) is 6.23. The fourth-order valence-corrected chi connectivity index (χ4v) is 3.08. The van der Waals surface area contributed by atoms with Crippen LogP contribution in [0.25, 0.3) is 10.8 Å². The molecule has 1 aliphatic rings. The Morgan fingerprint density at radius 1 is 1.50 bits per heavy atom. The molecule has 0 bridgehead atoms. The SMILES string of the molecule is CCc1cc2cccc(Cl)c2c(C(=O)N2CCOC(C)C2)n1. The summed E-state index contributed by atoms with van der Waals surface area (Å²) in [4.78, 5) is 19.3. The number of fused-ring (bicyclic) bond motifs is 1. The molecule has 22 heavy (non-hydrogen) atoms. The van der Waals surface area contributed by atoms with Gasteiger partial charge in [0.15, 0.2) is 0 Å². The lowest BCUT2D eigenvalue weighted by molar-refractivity contribution is -0.0125. The van der Waals surface area contributed by atoms with Crippen LogP contribution in [-0.2, 0) is 11.2 Å². The molecule has 3 rings (SSSR count). The van der Waals surface area contributed by atoms with Gasteiger partial charge in [0, 0.05) is 24.2 Å². The molecule has 2 heterocycles. The molecule has 116 valence electrons. The molecule has 1 aliphatic heterocycles. The molecule has 1 unspecified atom stereocenters. The Hall–Kier alpha value is -1.65. The van der Waals surface area contributed by atoms with Crippen LogP contribution < -0.4 is 0 Å². The first-order valence-corrected chi connectivity index (χ1v) is 7.97. The third-order valence-corrected chi connectivity index (χ3v) is 4.27. The summed E-state index contributed by atoms with van der Waals surface area (Å²) in [7, 11) is 0. The fraction of sp³-hybridized carbons (Fsp3) is 0.412. The summed E-state index contributed by atoms with van der Waals surface area (Å²) in [5.41, 5.74) is 1.36. The van der Waals surface area contributed by atoms with Crippen molar-refractivity contribution in [2.45, 2.75) is 26.4 Å². The van der Waals surface area contributed by atoms with Gasteiger partial charge in [-0.1, -0.05) is 30.7 Å². The molecule has 2 aromatic rings. The Morgan fingerprint density at radius 2 is 2.32 bits per heavy atom. The lowest BCUT2D eigenvalue weighted by Gasteiger charge is -2.31. The number of benzene rings is 1. The summed E-state index contributed by atoms with van der Waals surface area (Å²) in [5.74, 6) is -0.0662. The Morgan fingerprint density at radius 3 is 3.05 bits per heavy atom. The molecule has 0 spiro atoms. The number of morpholine rings is 1. The zero-order valence-corrected chi connectivity index (χ0v) is 13.6. The number of carbonyl (C=O) groups excluding carboxylic acids is 1. The Labute approximate surface area is 135 Å². The van der Waals surface area contributed by atoms with Crippen molar-refractivity contribution in [3.05, 3.63) is 40.7 Å². The van der Waals surface area contributed by atoms with E-state index in [9.17, 15) is 4.79 Å². The van der Waals surface area contributed by atoms with Crippen molar-refractivity contribution >= 4 is 28.3 Å². The standard InChI is InChI=1S/C17H19ClN2O2/c1-3-13-9-12-5-4-6-14(18)15(12)16(19-13)17(21)20-7-8-22-11(2)10-20/h4-6,9,11H,3,7-8,10H2,1-2H3. The third-order valence-electron chi connectivity index (χ3n) is 3.95. The largest absolute Gasteiger partial charge is 0.375 e. The first-order valence-electron chi connectivity index (χ1n) is 7.59. The van der Waals surface area contributed by atoms with Crippen molar-refractivity contribution in [2.24, 2.45) is 0 Å². The van der Waals surface area contributed by atoms with Gasteiger partial charge in [-0.2, -0.15) is 0 Å². The number of hydrogen-bond acceptors (Lipinski definition) is 3. The van der Waals surface area contributed by atoms with Gasteiger partial charge in [-0.25, -0.2) is 4.98 Å². The van der Waals surface area contributed by atoms with Crippen molar-refractivity contribution in [1.29, 1.82) is 0 Å². The molecule has 0 saturated carbocycles. The summed E-state index contributed by atoms with van der Waals surface area (Å²) < 4.78 is 5.51. The Kier molecular flexibility index (Phi) is 4.32. The van der Waals surface area contributed by atoms with Crippen molar-refractivity contribution in [1.82, 2.24) is 9.88 Å². The summed E-state index contributed by atoms with van der Waals surface area (Å²) in [6.07, 6.45) is 0.830. The molecule has 1 aromatic heterocycles. The van der Waals surface area contributed by atoms with Crippen LogP contribution >= 0.6 is 11.6 Å². The highest BCUT2D eigenvalue weighted by Gasteiger charge is 2.25. The van der Waals surface area contributed by atoms with E-state index in [1.165, 1.54) is 0 Å². The van der Waals surface area contributed by atoms with E-state index in [1.54, 1.807) is 11.0 Å². The summed E-state index contributed by atoms with van der Waals surface area (Å²) in [5, 5.41) is 2.27. The van der Waals surface area contributed by atoms with Crippen molar-refractivity contribution < 1.29 is 9.53 Å². The molecule has 1 aromatic carbocycles. The predicted molar refractivity (Wildman–Crippen MR) is 87.4 cm³/mol. The van der Waals surface area contributed by atoms with Crippen LogP contribution in [0.5, 0.6) is 0 Å². The Bertz CT molecular complexity index is 717. The van der Waals surface area contributed by atoms with Crippen molar-refractivity contribution in [2.75, 3.05) is 19.7 Å². The first kappa shape index (κ1) is 15.3. The molecule has 1 saturated heterocycles. The molecule has 1 amide bonds. The number of aryl methyl sites for hydroxylation is 1. The smallest absolute Gasteiger partial charge is 0.273 e. The predicted octanol–water partition coefficient (Wildman–Crippen LogP) is 3.31. The second-order valence-electron chi connectivity index (χ2n) is 5.59. The maximum absolute atomic E-state index is 12.9. The van der Waals surface area contributed by atoms with Crippen LogP contribution in [0.2, 0.25) is 5.02 Å². The number of amides is 1. The van der Waals surface area contributed by atoms with Gasteiger partial charge in [-0.3, -0.25) is 4.79 Å². The van der Waals surface area contributed by atoms with E-state index in [4.69, 9.17) is 16.3 Å². The van der Waals surface area contributed by atoms with E-state index < -0.39 is 0 Å². The highest BCUT2D eigenvalue weighted by molar-refractivity contribution is 6.36. The fourth-order valence-electron chi connectivity index (χ4n) is 2.81. The maximum atomic E-state index is 12.9. The minimum absolute atomic E-state index is 0.0498. The maximum Gasteiger partial charge on any atom is 0.273 e. The molecule has 1 atom stereocenters. The molecule has 0 N–H and O–H groups in total. The van der Waals surface area contributed by atoms with Gasteiger partial charge >= 0.3 is 0 Å². The molecular formula is C17H19ClN2O2. The molecule has 0 aliphatic carbocycles. The topological polar surface area (TPSA) is 42.4 Å². The average molecular weight is 319 g/mol. The number of rotatable bonds is 2. The number of hydrogen-bond donors (Lipinski definition) is 0. The highest BCUT2D eigenvalue weighted by Crippen LogP contribution is 2.28. The van der Waals surface area contributed by atoms with E-state index >= 15 is 0 Å². The van der Waals surface area contributed by atoms with E-state index in [-0.39, 0.29) is 12.0 Å². The van der Waals surface area contributed by atoms with Crippen molar-refractivity contribution in [3.63, 3.8) is 0 Å². The van der Waals surface area contributed by atoms with Gasteiger partial charge in [0.1, 0.15) is 5.69 Å². The van der Waals surface area contributed by atoms with Crippen LogP contribution in [-0.4, -0.2) is 41.6 Å². The first-order chi connectivity index (χ1) is 10.6. The van der Waals surface area contributed by atoms with Crippen LogP contribution in [0, 0.1) is 0 Å². The minimum Gasteiger partial charge on any atom is -0.375 e. The summed E-state index contributed by atoms with van der Waals surface area (Å²) in [6.45, 7) is 5.74. The molecule has 4 nitrogen and oxygen atoms in total. The van der Waals surface area contributed by atoms with Gasteiger partial charge in [0.2, 0.25) is 0 Å². The van der Waals surface area contributed by atoms with E-state index in [2.05, 4.69) is 4.98 Å². The number of nitrogens with zero attached hydrogens (tertiary/aromatic N) is 2. The van der Waals surface area contributed by atoms with Gasteiger partial charge in [0.05, 0.1) is 17.7 Å². The molecular weight excluding hydrogens is 300 g/mol. The highest BCUT2D eigenvalue weighted by atomic mass is 35.5. The van der Waals surface area contributed by atoms with Gasteiger partial charge in [-0.05, 0) is 30.9 Å².